The Morgan fingerprint density at radius 1 is 0.632 bits per heavy atom. The van der Waals surface area contributed by atoms with Crippen LogP contribution in [-0.4, -0.2) is 12.4 Å². The van der Waals surface area contributed by atoms with Crippen molar-refractivity contribution in [2.45, 2.75) is 18.2 Å². The number of para-hydroxylation sites is 1. The molecule has 0 atom stereocenters. The molecule has 0 unspecified atom stereocenters. The number of hydrogen-bond acceptors (Lipinski definition) is 2. The molecule has 1 heterocycles. The topological polar surface area (TPSA) is 39.1 Å². The van der Waals surface area contributed by atoms with E-state index in [1.807, 2.05) is 61.5 Å². The molecule has 1 aliphatic rings. The van der Waals surface area contributed by atoms with Gasteiger partial charge in [-0.25, -0.2) is 12.4 Å². The molecule has 1 aliphatic carbocycles. The number of aromatic nitrogens is 1. The van der Waals surface area contributed by atoms with E-state index in [1.165, 1.54) is 29.8 Å². The predicted octanol–water partition coefficient (Wildman–Crippen LogP) is 8.81. The third-order valence-corrected chi connectivity index (χ3v) is 9.99. The van der Waals surface area contributed by atoms with Crippen LogP contribution in [0.4, 0.5) is 0 Å². The van der Waals surface area contributed by atoms with E-state index in [9.17, 15) is 8.42 Å². The highest BCUT2D eigenvalue weighted by atomic mass is 127. The Kier molecular flexibility index (Phi) is 6.82. The number of rotatable bonds is 2. The van der Waals surface area contributed by atoms with E-state index in [2.05, 4.69) is 87.6 Å². The average molecular weight is 739 g/mol. The van der Waals surface area contributed by atoms with Crippen LogP contribution >= 0.6 is 45.2 Å². The van der Waals surface area contributed by atoms with E-state index in [4.69, 9.17) is 0 Å². The SMILES string of the molecule is Cc1ccc(S(=O)(=O)n2c3ccccc3c3cc(I)ccc32)cc1.Ic1ccc2c(c1)-c1ccccc1C2. The highest BCUT2D eigenvalue weighted by Gasteiger charge is 2.23. The molecule has 3 nitrogen and oxygen atoms in total. The van der Waals surface area contributed by atoms with Gasteiger partial charge in [0.05, 0.1) is 15.9 Å². The van der Waals surface area contributed by atoms with Gasteiger partial charge in [0.15, 0.2) is 0 Å². The van der Waals surface area contributed by atoms with Crippen LogP contribution in [0.2, 0.25) is 0 Å². The number of aryl methyl sites for hydroxylation is 1. The van der Waals surface area contributed by atoms with Gasteiger partial charge in [-0.05, 0) is 129 Å². The quantitative estimate of drug-likeness (QED) is 0.167. The molecule has 0 saturated heterocycles. The Hall–Kier alpha value is -2.69. The maximum Gasteiger partial charge on any atom is 0.268 e. The summed E-state index contributed by atoms with van der Waals surface area (Å²) in [6.45, 7) is 1.94. The van der Waals surface area contributed by atoms with E-state index in [-0.39, 0.29) is 0 Å². The Bertz CT molecular complexity index is 1940. The van der Waals surface area contributed by atoms with Gasteiger partial charge in [-0.3, -0.25) is 0 Å². The van der Waals surface area contributed by atoms with Crippen molar-refractivity contribution < 1.29 is 8.42 Å². The van der Waals surface area contributed by atoms with E-state index in [0.717, 1.165) is 26.3 Å². The molecule has 0 bridgehead atoms. The van der Waals surface area contributed by atoms with Crippen LogP contribution < -0.4 is 0 Å². The number of fused-ring (bicyclic) bond motifs is 6. The van der Waals surface area contributed by atoms with Crippen LogP contribution in [0.25, 0.3) is 32.9 Å². The third-order valence-electron chi connectivity index (χ3n) is 6.91. The molecule has 0 saturated carbocycles. The lowest BCUT2D eigenvalue weighted by Gasteiger charge is -2.09. The molecular weight excluding hydrogens is 716 g/mol. The Morgan fingerprint density at radius 3 is 2.08 bits per heavy atom. The van der Waals surface area contributed by atoms with Gasteiger partial charge in [-0.1, -0.05) is 66.2 Å². The van der Waals surface area contributed by atoms with E-state index in [0.29, 0.717) is 15.9 Å². The van der Waals surface area contributed by atoms with Gasteiger partial charge in [0.25, 0.3) is 10.0 Å². The number of halogens is 2. The van der Waals surface area contributed by atoms with Crippen LogP contribution in [0.15, 0.2) is 114 Å². The molecule has 0 fully saturated rings. The van der Waals surface area contributed by atoms with Crippen molar-refractivity contribution in [3.8, 4) is 11.1 Å². The monoisotopic (exact) mass is 739 g/mol. The third kappa shape index (κ3) is 4.56. The Balaban J connectivity index is 0.000000159. The first-order valence-electron chi connectivity index (χ1n) is 12.2. The minimum absolute atomic E-state index is 0.300. The van der Waals surface area contributed by atoms with Crippen molar-refractivity contribution in [1.29, 1.82) is 0 Å². The summed E-state index contributed by atoms with van der Waals surface area (Å²) in [6, 6.07) is 35.8. The molecule has 0 spiro atoms. The first kappa shape index (κ1) is 25.6. The van der Waals surface area contributed by atoms with Crippen LogP contribution in [0.5, 0.6) is 0 Å². The predicted molar refractivity (Wildman–Crippen MR) is 173 cm³/mol. The highest BCUT2D eigenvalue weighted by Crippen LogP contribution is 2.37. The van der Waals surface area contributed by atoms with E-state index >= 15 is 0 Å². The second-order valence-electron chi connectivity index (χ2n) is 9.40. The average Bonchev–Trinajstić information content (AvgIpc) is 3.45. The largest absolute Gasteiger partial charge is 0.268 e. The van der Waals surface area contributed by atoms with Gasteiger partial charge >= 0.3 is 0 Å². The zero-order chi connectivity index (χ0) is 26.4. The summed E-state index contributed by atoms with van der Waals surface area (Å²) < 4.78 is 30.4. The van der Waals surface area contributed by atoms with E-state index in [1.54, 1.807) is 12.1 Å². The lowest BCUT2D eigenvalue weighted by molar-refractivity contribution is 0.590. The van der Waals surface area contributed by atoms with Crippen molar-refractivity contribution >= 4 is 77.0 Å². The second kappa shape index (κ2) is 10.1. The van der Waals surface area contributed by atoms with Gasteiger partial charge in [0, 0.05) is 17.9 Å². The van der Waals surface area contributed by atoms with Gasteiger partial charge in [0.1, 0.15) is 0 Å². The maximum absolute atomic E-state index is 13.3. The molecule has 6 aromatic rings. The van der Waals surface area contributed by atoms with Crippen molar-refractivity contribution in [3.05, 3.63) is 133 Å². The fourth-order valence-electron chi connectivity index (χ4n) is 5.08. The van der Waals surface area contributed by atoms with Crippen molar-refractivity contribution in [3.63, 3.8) is 0 Å². The standard InChI is InChI=1S/C19H14INO2S.C13H9I/c1-13-6-9-15(10-7-13)24(22,23)21-18-5-3-2-4-16(18)17-12-14(20)8-11-19(17)21;14-11-6-5-10-7-9-3-1-2-4-12(9)13(10)8-11/h2-12H,1H3;1-6,8H,7H2. The molecular formula is C32H23I2NO2S. The summed E-state index contributed by atoms with van der Waals surface area (Å²) in [5.74, 6) is 0. The second-order valence-corrected chi connectivity index (χ2v) is 13.7. The summed E-state index contributed by atoms with van der Waals surface area (Å²) in [7, 11) is -3.66. The molecule has 1 aromatic heterocycles. The fraction of sp³-hybridized carbons (Fsp3) is 0.0625. The Labute approximate surface area is 249 Å². The molecule has 7 rings (SSSR count). The van der Waals surface area contributed by atoms with Gasteiger partial charge in [-0.15, -0.1) is 0 Å². The molecule has 38 heavy (non-hydrogen) atoms. The van der Waals surface area contributed by atoms with Gasteiger partial charge in [-0.2, -0.15) is 0 Å². The molecule has 6 heteroatoms. The minimum atomic E-state index is -3.66. The van der Waals surface area contributed by atoms with Crippen molar-refractivity contribution in [2.24, 2.45) is 0 Å². The highest BCUT2D eigenvalue weighted by molar-refractivity contribution is 14.1. The summed E-state index contributed by atoms with van der Waals surface area (Å²) >= 11 is 4.62. The number of benzene rings is 5. The molecule has 0 N–H and O–H groups in total. The molecule has 188 valence electrons. The van der Waals surface area contributed by atoms with Gasteiger partial charge < -0.3 is 0 Å². The first-order chi connectivity index (χ1) is 18.3. The summed E-state index contributed by atoms with van der Waals surface area (Å²) in [6.07, 6.45) is 1.10. The van der Waals surface area contributed by atoms with E-state index < -0.39 is 10.0 Å². The Morgan fingerprint density at radius 2 is 1.26 bits per heavy atom. The molecule has 0 amide bonds. The summed E-state index contributed by atoms with van der Waals surface area (Å²) in [5.41, 5.74) is 8.21. The normalized spacial score (nSPS) is 12.2. The fourth-order valence-corrected chi connectivity index (χ4v) is 7.59. The maximum atomic E-state index is 13.3. The smallest absolute Gasteiger partial charge is 0.233 e. The van der Waals surface area contributed by atoms with Crippen LogP contribution in [0, 0.1) is 14.1 Å². The zero-order valence-electron chi connectivity index (χ0n) is 20.5. The number of hydrogen-bond donors (Lipinski definition) is 0. The minimum Gasteiger partial charge on any atom is -0.233 e. The first-order valence-corrected chi connectivity index (χ1v) is 15.8. The number of nitrogens with zero attached hydrogens (tertiary/aromatic N) is 1. The van der Waals surface area contributed by atoms with Crippen LogP contribution in [0.1, 0.15) is 16.7 Å². The van der Waals surface area contributed by atoms with Crippen LogP contribution in [-0.2, 0) is 16.4 Å². The molecule has 0 aliphatic heterocycles. The van der Waals surface area contributed by atoms with Crippen molar-refractivity contribution in [2.75, 3.05) is 0 Å². The lowest BCUT2D eigenvalue weighted by Crippen LogP contribution is -2.12. The summed E-state index contributed by atoms with van der Waals surface area (Å²) in [5, 5.41) is 1.90. The van der Waals surface area contributed by atoms with Gasteiger partial charge in [0.2, 0.25) is 0 Å². The molecule has 0 radical (unpaired) electrons. The zero-order valence-corrected chi connectivity index (χ0v) is 25.7. The summed E-state index contributed by atoms with van der Waals surface area (Å²) in [4.78, 5) is 0.300. The lowest BCUT2D eigenvalue weighted by atomic mass is 10.1. The molecule has 5 aromatic carbocycles. The van der Waals surface area contributed by atoms with Crippen LogP contribution in [0.3, 0.4) is 0 Å². The van der Waals surface area contributed by atoms with Crippen molar-refractivity contribution in [1.82, 2.24) is 3.97 Å².